The van der Waals surface area contributed by atoms with E-state index in [-0.39, 0.29) is 6.61 Å². The number of imidazole rings is 1. The summed E-state index contributed by atoms with van der Waals surface area (Å²) >= 11 is 0. The Hall–Kier alpha value is -1.39. The van der Waals surface area contributed by atoms with Crippen molar-refractivity contribution in [3.05, 3.63) is 29.6 Å². The highest BCUT2D eigenvalue weighted by atomic mass is 16.3. The maximum Gasteiger partial charge on any atom is 0.0931 e. The van der Waals surface area contributed by atoms with Gasteiger partial charge < -0.3 is 15.2 Å². The molecule has 4 nitrogen and oxygen atoms in total. The lowest BCUT2D eigenvalue weighted by atomic mass is 10.0. The van der Waals surface area contributed by atoms with Crippen molar-refractivity contribution >= 4 is 11.0 Å². The molecule has 0 bridgehead atoms. The first-order valence-corrected chi connectivity index (χ1v) is 4.47. The molecule has 2 aromatic rings. The molecule has 1 aromatic heterocycles. The smallest absolute Gasteiger partial charge is 0.0931 e. The van der Waals surface area contributed by atoms with Gasteiger partial charge in [0.15, 0.2) is 0 Å². The summed E-state index contributed by atoms with van der Waals surface area (Å²) in [6, 6.07) is 3.60. The van der Waals surface area contributed by atoms with E-state index in [0.717, 1.165) is 22.2 Å². The standard InChI is InChI=1S/C10H12N2O2/c1-6(14)8-3-10-9(11-5-12-10)2-7(8)4-13/h2-3,5-6,13-14H,4H2,1H3,(H,11,12). The topological polar surface area (TPSA) is 69.1 Å². The monoisotopic (exact) mass is 192 g/mol. The minimum absolute atomic E-state index is 0.0742. The van der Waals surface area contributed by atoms with Gasteiger partial charge in [-0.25, -0.2) is 4.98 Å². The Bertz CT molecular complexity index is 448. The van der Waals surface area contributed by atoms with Gasteiger partial charge in [0.1, 0.15) is 0 Å². The van der Waals surface area contributed by atoms with Crippen LogP contribution in [-0.4, -0.2) is 20.2 Å². The number of aromatic nitrogens is 2. The van der Waals surface area contributed by atoms with Gasteiger partial charge in [-0.15, -0.1) is 0 Å². The second-order valence-electron chi connectivity index (χ2n) is 3.30. The van der Waals surface area contributed by atoms with Crippen LogP contribution in [0.2, 0.25) is 0 Å². The first-order chi connectivity index (χ1) is 6.72. The lowest BCUT2D eigenvalue weighted by Crippen LogP contribution is -1.98. The summed E-state index contributed by atoms with van der Waals surface area (Å²) in [5, 5.41) is 18.6. The summed E-state index contributed by atoms with van der Waals surface area (Å²) < 4.78 is 0. The van der Waals surface area contributed by atoms with E-state index in [2.05, 4.69) is 9.97 Å². The van der Waals surface area contributed by atoms with Gasteiger partial charge in [0.2, 0.25) is 0 Å². The zero-order valence-corrected chi connectivity index (χ0v) is 7.86. The summed E-state index contributed by atoms with van der Waals surface area (Å²) in [6.07, 6.45) is 1.01. The van der Waals surface area contributed by atoms with Crippen LogP contribution >= 0.6 is 0 Å². The van der Waals surface area contributed by atoms with E-state index >= 15 is 0 Å². The van der Waals surface area contributed by atoms with Crippen LogP contribution < -0.4 is 0 Å². The molecular weight excluding hydrogens is 180 g/mol. The highest BCUT2D eigenvalue weighted by Gasteiger charge is 2.09. The third-order valence-electron chi connectivity index (χ3n) is 2.30. The Morgan fingerprint density at radius 3 is 2.93 bits per heavy atom. The molecule has 74 valence electrons. The summed E-state index contributed by atoms with van der Waals surface area (Å²) in [5.74, 6) is 0. The highest BCUT2D eigenvalue weighted by Crippen LogP contribution is 2.22. The van der Waals surface area contributed by atoms with Gasteiger partial charge in [-0.1, -0.05) is 0 Å². The molecule has 1 atom stereocenters. The van der Waals surface area contributed by atoms with E-state index in [9.17, 15) is 5.11 Å². The van der Waals surface area contributed by atoms with Gasteiger partial charge in [0, 0.05) is 0 Å². The fourth-order valence-electron chi connectivity index (χ4n) is 1.57. The van der Waals surface area contributed by atoms with Crippen molar-refractivity contribution in [1.82, 2.24) is 9.97 Å². The molecule has 14 heavy (non-hydrogen) atoms. The molecule has 0 spiro atoms. The Kier molecular flexibility index (Phi) is 2.23. The predicted octanol–water partition coefficient (Wildman–Crippen LogP) is 1.11. The molecule has 0 saturated heterocycles. The number of benzene rings is 1. The zero-order chi connectivity index (χ0) is 10.1. The van der Waals surface area contributed by atoms with E-state index in [4.69, 9.17) is 5.11 Å². The van der Waals surface area contributed by atoms with E-state index in [1.54, 1.807) is 19.3 Å². The van der Waals surface area contributed by atoms with Crippen molar-refractivity contribution in [2.45, 2.75) is 19.6 Å². The summed E-state index contributed by atoms with van der Waals surface area (Å²) in [6.45, 7) is 1.60. The molecule has 1 aromatic carbocycles. The first-order valence-electron chi connectivity index (χ1n) is 4.47. The fraction of sp³-hybridized carbons (Fsp3) is 0.300. The van der Waals surface area contributed by atoms with Gasteiger partial charge in [0.25, 0.3) is 0 Å². The summed E-state index contributed by atoms with van der Waals surface area (Å²) in [7, 11) is 0. The molecule has 0 fully saturated rings. The van der Waals surface area contributed by atoms with Crippen LogP contribution in [0.15, 0.2) is 18.5 Å². The quantitative estimate of drug-likeness (QED) is 0.667. The van der Waals surface area contributed by atoms with Crippen molar-refractivity contribution in [3.63, 3.8) is 0 Å². The second kappa shape index (κ2) is 3.40. The number of aliphatic hydroxyl groups excluding tert-OH is 2. The Labute approximate surface area is 81.2 Å². The van der Waals surface area contributed by atoms with Crippen molar-refractivity contribution in [3.8, 4) is 0 Å². The minimum atomic E-state index is -0.585. The van der Waals surface area contributed by atoms with Crippen molar-refractivity contribution in [2.24, 2.45) is 0 Å². The van der Waals surface area contributed by atoms with Crippen molar-refractivity contribution < 1.29 is 10.2 Å². The fourth-order valence-corrected chi connectivity index (χ4v) is 1.57. The molecule has 0 aliphatic heterocycles. The number of aromatic amines is 1. The maximum atomic E-state index is 9.48. The van der Waals surface area contributed by atoms with Crippen LogP contribution in [0.1, 0.15) is 24.2 Å². The molecule has 0 aliphatic rings. The van der Waals surface area contributed by atoms with Gasteiger partial charge in [0.05, 0.1) is 30.1 Å². The molecule has 4 heteroatoms. The zero-order valence-electron chi connectivity index (χ0n) is 7.86. The normalized spacial score (nSPS) is 13.4. The largest absolute Gasteiger partial charge is 0.392 e. The van der Waals surface area contributed by atoms with E-state index < -0.39 is 6.10 Å². The van der Waals surface area contributed by atoms with Crippen molar-refractivity contribution in [2.75, 3.05) is 0 Å². The third-order valence-corrected chi connectivity index (χ3v) is 2.30. The molecule has 2 rings (SSSR count). The van der Waals surface area contributed by atoms with Gasteiger partial charge in [-0.2, -0.15) is 0 Å². The lowest BCUT2D eigenvalue weighted by molar-refractivity contribution is 0.193. The number of hydrogen-bond donors (Lipinski definition) is 3. The van der Waals surface area contributed by atoms with Crippen molar-refractivity contribution in [1.29, 1.82) is 0 Å². The molecule has 1 heterocycles. The van der Waals surface area contributed by atoms with Crippen LogP contribution in [-0.2, 0) is 6.61 Å². The van der Waals surface area contributed by atoms with Gasteiger partial charge in [-0.3, -0.25) is 0 Å². The summed E-state index contributed by atoms with van der Waals surface area (Å²) in [4.78, 5) is 7.05. The first kappa shape index (κ1) is 9.18. The molecule has 0 aliphatic carbocycles. The minimum Gasteiger partial charge on any atom is -0.392 e. The molecule has 1 unspecified atom stereocenters. The molecule has 0 saturated carbocycles. The van der Waals surface area contributed by atoms with Gasteiger partial charge in [-0.05, 0) is 30.2 Å². The van der Waals surface area contributed by atoms with Crippen LogP contribution in [0, 0.1) is 0 Å². The SMILES string of the molecule is CC(O)c1cc2nc[nH]c2cc1CO. The second-order valence-corrected chi connectivity index (χ2v) is 3.30. The van der Waals surface area contributed by atoms with Crippen LogP contribution in [0.5, 0.6) is 0 Å². The Balaban J connectivity index is 2.66. The average molecular weight is 192 g/mol. The van der Waals surface area contributed by atoms with E-state index in [0.29, 0.717) is 0 Å². The van der Waals surface area contributed by atoms with Crippen LogP contribution in [0.4, 0.5) is 0 Å². The number of aliphatic hydroxyl groups is 2. The molecule has 0 amide bonds. The number of hydrogen-bond acceptors (Lipinski definition) is 3. The van der Waals surface area contributed by atoms with E-state index in [1.165, 1.54) is 0 Å². The highest BCUT2D eigenvalue weighted by molar-refractivity contribution is 5.76. The number of H-pyrrole nitrogens is 1. The Morgan fingerprint density at radius 1 is 1.50 bits per heavy atom. The maximum absolute atomic E-state index is 9.48. The number of nitrogens with zero attached hydrogens (tertiary/aromatic N) is 1. The van der Waals surface area contributed by atoms with Crippen LogP contribution in [0.25, 0.3) is 11.0 Å². The van der Waals surface area contributed by atoms with Gasteiger partial charge >= 0.3 is 0 Å². The molecule has 0 radical (unpaired) electrons. The molecule has 3 N–H and O–H groups in total. The van der Waals surface area contributed by atoms with Crippen LogP contribution in [0.3, 0.4) is 0 Å². The average Bonchev–Trinajstić information content (AvgIpc) is 2.62. The lowest BCUT2D eigenvalue weighted by Gasteiger charge is -2.09. The number of rotatable bonds is 2. The number of fused-ring (bicyclic) bond motifs is 1. The third kappa shape index (κ3) is 1.38. The number of nitrogens with one attached hydrogen (secondary N) is 1. The predicted molar refractivity (Wildman–Crippen MR) is 52.7 cm³/mol. The summed E-state index contributed by atoms with van der Waals surface area (Å²) in [5.41, 5.74) is 3.14. The Morgan fingerprint density at radius 2 is 2.29 bits per heavy atom. The molecular formula is C10H12N2O2. The van der Waals surface area contributed by atoms with E-state index in [1.807, 2.05) is 6.07 Å².